The summed E-state index contributed by atoms with van der Waals surface area (Å²) in [6.07, 6.45) is 3.28. The van der Waals surface area contributed by atoms with Gasteiger partial charge in [0.25, 0.3) is 0 Å². The maximum absolute atomic E-state index is 12.7. The topological polar surface area (TPSA) is 126 Å². The van der Waals surface area contributed by atoms with Gasteiger partial charge in [0, 0.05) is 6.54 Å². The molecule has 0 unspecified atom stereocenters. The zero-order chi connectivity index (χ0) is 24.1. The highest BCUT2D eigenvalue weighted by Gasteiger charge is 2.27. The van der Waals surface area contributed by atoms with E-state index in [0.29, 0.717) is 28.8 Å². The number of thioether (sulfide) groups is 1. The molecule has 12 heteroatoms. The summed E-state index contributed by atoms with van der Waals surface area (Å²) in [5.41, 5.74) is 1.30. The lowest BCUT2D eigenvalue weighted by Gasteiger charge is -2.08. The maximum atomic E-state index is 12.7. The van der Waals surface area contributed by atoms with Crippen molar-refractivity contribution < 1.29 is 28.3 Å². The Hall–Kier alpha value is -3.38. The van der Waals surface area contributed by atoms with Gasteiger partial charge in [-0.15, -0.1) is 28.1 Å². The average Bonchev–Trinajstić information content (AvgIpc) is 3.48. The fourth-order valence-corrected chi connectivity index (χ4v) is 4.91. The molecule has 0 aliphatic rings. The number of hydrogen-bond acceptors (Lipinski definition) is 10. The number of amides is 1. The van der Waals surface area contributed by atoms with Crippen LogP contribution in [0.15, 0.2) is 34.6 Å². The van der Waals surface area contributed by atoms with Gasteiger partial charge in [0.1, 0.15) is 15.6 Å². The molecule has 0 atom stereocenters. The van der Waals surface area contributed by atoms with Crippen molar-refractivity contribution in [3.05, 3.63) is 46.7 Å². The van der Waals surface area contributed by atoms with Crippen molar-refractivity contribution in [1.29, 1.82) is 0 Å². The molecule has 33 heavy (non-hydrogen) atoms. The van der Waals surface area contributed by atoms with Gasteiger partial charge in [0.05, 0.1) is 37.4 Å². The Balaban J connectivity index is 1.79. The number of ether oxygens (including phenoxy) is 2. The average molecular weight is 491 g/mol. The number of anilines is 1. The number of aryl methyl sites for hydroxylation is 1. The molecule has 0 aromatic carbocycles. The lowest BCUT2D eigenvalue weighted by Crippen LogP contribution is -2.16. The number of methoxy groups -OCH3 is 2. The number of allylic oxidation sites excluding steroid dienone is 1. The van der Waals surface area contributed by atoms with E-state index in [1.807, 2.05) is 11.5 Å². The zero-order valence-electron chi connectivity index (χ0n) is 18.5. The van der Waals surface area contributed by atoms with Gasteiger partial charge in [0.15, 0.2) is 11.0 Å². The molecule has 1 amide bonds. The van der Waals surface area contributed by atoms with Crippen LogP contribution in [0.3, 0.4) is 0 Å². The molecule has 0 aliphatic carbocycles. The van der Waals surface area contributed by atoms with Crippen molar-refractivity contribution in [3.8, 4) is 11.4 Å². The largest absolute Gasteiger partial charge is 0.469 e. The van der Waals surface area contributed by atoms with Crippen LogP contribution in [0.5, 0.6) is 0 Å². The van der Waals surface area contributed by atoms with E-state index >= 15 is 0 Å². The van der Waals surface area contributed by atoms with Gasteiger partial charge in [-0.25, -0.2) is 9.59 Å². The van der Waals surface area contributed by atoms with Crippen LogP contribution in [0.25, 0.3) is 11.4 Å². The number of aromatic nitrogens is 3. The summed E-state index contributed by atoms with van der Waals surface area (Å²) in [5, 5.41) is 11.9. The van der Waals surface area contributed by atoms with E-state index in [1.54, 1.807) is 25.3 Å². The predicted molar refractivity (Wildman–Crippen MR) is 124 cm³/mol. The number of thiophene rings is 1. The van der Waals surface area contributed by atoms with Crippen LogP contribution in [0, 0.1) is 13.8 Å². The first-order valence-electron chi connectivity index (χ1n) is 9.63. The molecule has 3 rings (SSSR count). The molecule has 3 aromatic heterocycles. The van der Waals surface area contributed by atoms with Crippen LogP contribution in [0.4, 0.5) is 5.00 Å². The highest BCUT2D eigenvalue weighted by atomic mass is 32.2. The van der Waals surface area contributed by atoms with Crippen molar-refractivity contribution in [2.24, 2.45) is 0 Å². The van der Waals surface area contributed by atoms with E-state index in [4.69, 9.17) is 13.9 Å². The number of carbonyl (C=O) groups excluding carboxylic acids is 3. The molecule has 3 heterocycles. The monoisotopic (exact) mass is 490 g/mol. The maximum Gasteiger partial charge on any atom is 0.348 e. The van der Waals surface area contributed by atoms with Gasteiger partial charge in [-0.05, 0) is 25.5 Å². The van der Waals surface area contributed by atoms with Crippen LogP contribution in [0.1, 0.15) is 31.4 Å². The Morgan fingerprint density at radius 3 is 2.58 bits per heavy atom. The van der Waals surface area contributed by atoms with Gasteiger partial charge < -0.3 is 19.2 Å². The second-order valence-electron chi connectivity index (χ2n) is 6.68. The Kier molecular flexibility index (Phi) is 7.71. The third kappa shape index (κ3) is 5.01. The van der Waals surface area contributed by atoms with Crippen molar-refractivity contribution >= 4 is 45.9 Å². The standard InChI is InChI=1S/C21H22N4O6S2/c1-6-8-25-17(13-7-9-31-12(13)3)23-24-21(25)32-10-14(26)22-18-15(19(27)29-4)11(2)16(33-18)20(28)30-5/h6-7,9H,1,8,10H2,2-5H3,(H,22,26). The first kappa shape index (κ1) is 24.3. The van der Waals surface area contributed by atoms with E-state index in [1.165, 1.54) is 26.0 Å². The first-order valence-corrected chi connectivity index (χ1v) is 11.4. The number of rotatable bonds is 9. The van der Waals surface area contributed by atoms with E-state index in [0.717, 1.165) is 16.9 Å². The Morgan fingerprint density at radius 2 is 1.97 bits per heavy atom. The van der Waals surface area contributed by atoms with E-state index in [9.17, 15) is 14.4 Å². The number of nitrogens with one attached hydrogen (secondary N) is 1. The van der Waals surface area contributed by atoms with Crippen molar-refractivity contribution in [2.45, 2.75) is 25.5 Å². The predicted octanol–water partition coefficient (Wildman–Crippen LogP) is 3.71. The van der Waals surface area contributed by atoms with E-state index in [2.05, 4.69) is 22.1 Å². The Bertz CT molecular complexity index is 1210. The molecule has 174 valence electrons. The summed E-state index contributed by atoms with van der Waals surface area (Å²) in [7, 11) is 2.47. The molecule has 10 nitrogen and oxygen atoms in total. The molecule has 0 spiro atoms. The SMILES string of the molecule is C=CCn1c(SCC(=O)Nc2sc(C(=O)OC)c(C)c2C(=O)OC)nnc1-c1ccoc1C. The number of carbonyl (C=O) groups is 3. The molecule has 0 aliphatic heterocycles. The molecule has 0 radical (unpaired) electrons. The van der Waals surface area contributed by atoms with Crippen LogP contribution < -0.4 is 5.32 Å². The molecular weight excluding hydrogens is 468 g/mol. The molecule has 0 saturated carbocycles. The molecule has 0 fully saturated rings. The summed E-state index contributed by atoms with van der Waals surface area (Å²) in [6.45, 7) is 7.63. The minimum atomic E-state index is -0.660. The van der Waals surface area contributed by atoms with Crippen molar-refractivity contribution in [2.75, 3.05) is 25.3 Å². The van der Waals surface area contributed by atoms with Gasteiger partial charge in [-0.2, -0.15) is 0 Å². The van der Waals surface area contributed by atoms with Crippen LogP contribution in [-0.4, -0.2) is 52.6 Å². The highest BCUT2D eigenvalue weighted by Crippen LogP contribution is 2.34. The fourth-order valence-electron chi connectivity index (χ4n) is 3.03. The summed E-state index contributed by atoms with van der Waals surface area (Å²) in [6, 6.07) is 1.80. The molecule has 1 N–H and O–H groups in total. The molecule has 3 aromatic rings. The minimum absolute atomic E-state index is 0.00916. The highest BCUT2D eigenvalue weighted by molar-refractivity contribution is 7.99. The summed E-state index contributed by atoms with van der Waals surface area (Å²) in [5.74, 6) is -0.354. The number of nitrogens with zero attached hydrogens (tertiary/aromatic N) is 3. The first-order chi connectivity index (χ1) is 15.8. The van der Waals surface area contributed by atoms with Crippen LogP contribution in [0.2, 0.25) is 0 Å². The third-order valence-electron chi connectivity index (χ3n) is 4.62. The zero-order valence-corrected chi connectivity index (χ0v) is 20.1. The van der Waals surface area contributed by atoms with Crippen molar-refractivity contribution in [1.82, 2.24) is 14.8 Å². The number of esters is 2. The number of furan rings is 1. The quantitative estimate of drug-likeness (QED) is 0.271. The van der Waals surface area contributed by atoms with Crippen molar-refractivity contribution in [3.63, 3.8) is 0 Å². The van der Waals surface area contributed by atoms with Crippen LogP contribution in [-0.2, 0) is 20.8 Å². The van der Waals surface area contributed by atoms with Gasteiger partial charge in [0.2, 0.25) is 5.91 Å². The van der Waals surface area contributed by atoms with Gasteiger partial charge >= 0.3 is 11.9 Å². The normalized spacial score (nSPS) is 10.7. The Labute approximate surface area is 198 Å². The second kappa shape index (κ2) is 10.5. The lowest BCUT2D eigenvalue weighted by molar-refractivity contribution is -0.113. The Morgan fingerprint density at radius 1 is 1.24 bits per heavy atom. The molecule has 0 saturated heterocycles. The van der Waals surface area contributed by atoms with Gasteiger partial charge in [-0.3, -0.25) is 9.36 Å². The molecule has 0 bridgehead atoms. The second-order valence-corrected chi connectivity index (χ2v) is 8.64. The van der Waals surface area contributed by atoms with E-state index < -0.39 is 17.8 Å². The van der Waals surface area contributed by atoms with Crippen LogP contribution >= 0.6 is 23.1 Å². The smallest absolute Gasteiger partial charge is 0.348 e. The summed E-state index contributed by atoms with van der Waals surface area (Å²) in [4.78, 5) is 37.1. The third-order valence-corrected chi connectivity index (χ3v) is 6.77. The van der Waals surface area contributed by atoms with Gasteiger partial charge in [-0.1, -0.05) is 17.8 Å². The molecular formula is C21H22N4O6S2. The summed E-state index contributed by atoms with van der Waals surface area (Å²) < 4.78 is 16.7. The summed E-state index contributed by atoms with van der Waals surface area (Å²) >= 11 is 2.13. The van der Waals surface area contributed by atoms with E-state index in [-0.39, 0.29) is 21.2 Å². The lowest BCUT2D eigenvalue weighted by atomic mass is 10.1. The number of hydrogen-bond donors (Lipinski definition) is 1. The minimum Gasteiger partial charge on any atom is -0.469 e. The fraction of sp³-hybridized carbons (Fsp3) is 0.286.